The van der Waals surface area contributed by atoms with E-state index in [0.29, 0.717) is 37.0 Å². The fourth-order valence-corrected chi connectivity index (χ4v) is 3.38. The standard InChI is InChI=1S/C22H20ClF2N3O4/c1-30-19-4-2-3-14(20(19)32-22(24)25)11-15(13-26)21(29)27-17-12-16(23)5-6-18(17)28-7-9-31-10-8-28/h2-6,11-12,22H,7-10H2,1H3,(H,27,29)/b15-11+. The summed E-state index contributed by atoms with van der Waals surface area (Å²) in [5.41, 5.74) is 0.924. The van der Waals surface area contributed by atoms with Crippen LogP contribution < -0.4 is 19.7 Å². The maximum absolute atomic E-state index is 12.9. The number of rotatable bonds is 7. The number of amides is 1. The summed E-state index contributed by atoms with van der Waals surface area (Å²) >= 11 is 6.11. The molecule has 3 rings (SSSR count). The van der Waals surface area contributed by atoms with Gasteiger partial charge >= 0.3 is 6.61 Å². The van der Waals surface area contributed by atoms with E-state index in [9.17, 15) is 18.8 Å². The number of morpholine rings is 1. The Balaban J connectivity index is 1.92. The Morgan fingerprint density at radius 2 is 2.06 bits per heavy atom. The van der Waals surface area contributed by atoms with Crippen LogP contribution in [0.4, 0.5) is 20.2 Å². The zero-order chi connectivity index (χ0) is 23.1. The minimum atomic E-state index is -3.11. The average Bonchev–Trinajstić information content (AvgIpc) is 2.78. The van der Waals surface area contributed by atoms with Gasteiger partial charge in [0.1, 0.15) is 11.6 Å². The van der Waals surface area contributed by atoms with Gasteiger partial charge in [-0.05, 0) is 30.3 Å². The van der Waals surface area contributed by atoms with Crippen LogP contribution in [0.2, 0.25) is 5.02 Å². The van der Waals surface area contributed by atoms with E-state index >= 15 is 0 Å². The molecule has 1 amide bonds. The van der Waals surface area contributed by atoms with Gasteiger partial charge in [0.15, 0.2) is 11.5 Å². The van der Waals surface area contributed by atoms with Crippen LogP contribution in [0, 0.1) is 11.3 Å². The highest BCUT2D eigenvalue weighted by atomic mass is 35.5. The molecule has 0 spiro atoms. The molecule has 0 atom stereocenters. The quantitative estimate of drug-likeness (QED) is 0.486. The Kier molecular flexibility index (Phi) is 7.87. The second kappa shape index (κ2) is 10.8. The van der Waals surface area contributed by atoms with Crippen LogP contribution in [0.1, 0.15) is 5.56 Å². The minimum Gasteiger partial charge on any atom is -0.493 e. The summed E-state index contributed by atoms with van der Waals surface area (Å²) in [6.45, 7) is -0.766. The van der Waals surface area contributed by atoms with E-state index < -0.39 is 12.5 Å². The number of alkyl halides is 2. The highest BCUT2D eigenvalue weighted by molar-refractivity contribution is 6.31. The Labute approximate surface area is 188 Å². The average molecular weight is 464 g/mol. The number of halogens is 3. The molecule has 2 aromatic rings. The fraction of sp³-hybridized carbons (Fsp3) is 0.273. The molecule has 1 aliphatic rings. The van der Waals surface area contributed by atoms with Gasteiger partial charge in [0, 0.05) is 23.7 Å². The lowest BCUT2D eigenvalue weighted by Crippen LogP contribution is -2.36. The largest absolute Gasteiger partial charge is 0.493 e. The van der Waals surface area contributed by atoms with Crippen molar-refractivity contribution in [3.8, 4) is 17.6 Å². The van der Waals surface area contributed by atoms with Crippen molar-refractivity contribution in [2.24, 2.45) is 0 Å². The van der Waals surface area contributed by atoms with Crippen molar-refractivity contribution >= 4 is 35.0 Å². The number of carbonyl (C=O) groups is 1. The minimum absolute atomic E-state index is 0.0428. The molecule has 0 aromatic heterocycles. The topological polar surface area (TPSA) is 83.8 Å². The van der Waals surface area contributed by atoms with Crippen molar-refractivity contribution in [3.05, 3.63) is 52.6 Å². The lowest BCUT2D eigenvalue weighted by molar-refractivity contribution is -0.112. The second-order valence-corrected chi connectivity index (χ2v) is 7.08. The SMILES string of the molecule is COc1cccc(/C=C(\C#N)C(=O)Nc2cc(Cl)ccc2N2CCOCC2)c1OC(F)F. The monoisotopic (exact) mass is 463 g/mol. The maximum Gasteiger partial charge on any atom is 0.387 e. The first-order valence-corrected chi connectivity index (χ1v) is 9.98. The van der Waals surface area contributed by atoms with Gasteiger partial charge in [0.25, 0.3) is 5.91 Å². The first kappa shape index (κ1) is 23.3. The molecule has 1 aliphatic heterocycles. The van der Waals surface area contributed by atoms with Gasteiger partial charge in [0.05, 0.1) is 31.7 Å². The van der Waals surface area contributed by atoms with Gasteiger partial charge in [-0.25, -0.2) is 0 Å². The zero-order valence-electron chi connectivity index (χ0n) is 17.1. The normalized spacial score (nSPS) is 14.1. The van der Waals surface area contributed by atoms with Crippen LogP contribution in [0.5, 0.6) is 11.5 Å². The van der Waals surface area contributed by atoms with Crippen molar-refractivity contribution in [1.29, 1.82) is 5.26 Å². The van der Waals surface area contributed by atoms with E-state index in [4.69, 9.17) is 21.1 Å². The van der Waals surface area contributed by atoms with Gasteiger partial charge in [-0.15, -0.1) is 0 Å². The number of methoxy groups -OCH3 is 1. The van der Waals surface area contributed by atoms with Crippen LogP contribution in [-0.2, 0) is 9.53 Å². The third-order valence-electron chi connectivity index (χ3n) is 4.66. The van der Waals surface area contributed by atoms with Crippen LogP contribution in [0.3, 0.4) is 0 Å². The van der Waals surface area contributed by atoms with E-state index in [1.807, 2.05) is 4.90 Å². The maximum atomic E-state index is 12.9. The third-order valence-corrected chi connectivity index (χ3v) is 4.89. The van der Waals surface area contributed by atoms with Crippen LogP contribution in [-0.4, -0.2) is 45.9 Å². The number of hydrogen-bond donors (Lipinski definition) is 1. The van der Waals surface area contributed by atoms with Gasteiger partial charge in [0.2, 0.25) is 0 Å². The van der Waals surface area contributed by atoms with E-state index in [1.165, 1.54) is 25.3 Å². The molecular weight excluding hydrogens is 444 g/mol. The van der Waals surface area contributed by atoms with Crippen molar-refractivity contribution < 1.29 is 27.8 Å². The molecular formula is C22H20ClF2N3O4. The molecule has 0 saturated carbocycles. The van der Waals surface area contributed by atoms with E-state index in [0.717, 1.165) is 11.8 Å². The Morgan fingerprint density at radius 1 is 1.31 bits per heavy atom. The summed E-state index contributed by atoms with van der Waals surface area (Å²) in [6, 6.07) is 11.3. The van der Waals surface area contributed by atoms with E-state index in [1.54, 1.807) is 24.3 Å². The smallest absolute Gasteiger partial charge is 0.387 e. The highest BCUT2D eigenvalue weighted by Crippen LogP contribution is 2.34. The number of nitriles is 1. The molecule has 1 heterocycles. The predicted octanol–water partition coefficient (Wildman–Crippen LogP) is 4.33. The summed E-state index contributed by atoms with van der Waals surface area (Å²) in [5, 5.41) is 12.7. The van der Waals surface area contributed by atoms with Crippen LogP contribution in [0.15, 0.2) is 42.0 Å². The molecule has 168 valence electrons. The number of para-hydroxylation sites is 1. The summed E-state index contributed by atoms with van der Waals surface area (Å²) in [7, 11) is 1.30. The number of carbonyl (C=O) groups excluding carboxylic acids is 1. The number of benzene rings is 2. The predicted molar refractivity (Wildman–Crippen MR) is 116 cm³/mol. The van der Waals surface area contributed by atoms with Gasteiger partial charge in [-0.3, -0.25) is 4.79 Å². The summed E-state index contributed by atoms with van der Waals surface area (Å²) in [4.78, 5) is 14.9. The van der Waals surface area contributed by atoms with Crippen molar-refractivity contribution in [2.75, 3.05) is 43.6 Å². The molecule has 10 heteroatoms. The molecule has 0 bridgehead atoms. The molecule has 1 N–H and O–H groups in total. The molecule has 0 unspecified atom stereocenters. The molecule has 7 nitrogen and oxygen atoms in total. The molecule has 1 fully saturated rings. The summed E-state index contributed by atoms with van der Waals surface area (Å²) < 4.78 is 40.7. The Bertz CT molecular complexity index is 1050. The molecule has 2 aromatic carbocycles. The van der Waals surface area contributed by atoms with Gasteiger partial charge in [-0.2, -0.15) is 14.0 Å². The van der Waals surface area contributed by atoms with E-state index in [-0.39, 0.29) is 22.6 Å². The lowest BCUT2D eigenvalue weighted by atomic mass is 10.1. The van der Waals surface area contributed by atoms with Crippen molar-refractivity contribution in [3.63, 3.8) is 0 Å². The summed E-state index contributed by atoms with van der Waals surface area (Å²) in [5.74, 6) is -0.960. The first-order chi connectivity index (χ1) is 15.4. The molecule has 32 heavy (non-hydrogen) atoms. The lowest BCUT2D eigenvalue weighted by Gasteiger charge is -2.30. The number of nitrogens with zero attached hydrogens (tertiary/aromatic N) is 2. The molecule has 0 aliphatic carbocycles. The zero-order valence-corrected chi connectivity index (χ0v) is 17.9. The van der Waals surface area contributed by atoms with Gasteiger partial charge in [-0.1, -0.05) is 23.7 Å². The molecule has 0 radical (unpaired) electrons. The fourth-order valence-electron chi connectivity index (χ4n) is 3.20. The van der Waals surface area contributed by atoms with Crippen LogP contribution >= 0.6 is 11.6 Å². The Morgan fingerprint density at radius 3 is 2.72 bits per heavy atom. The summed E-state index contributed by atoms with van der Waals surface area (Å²) in [6.07, 6.45) is 1.16. The second-order valence-electron chi connectivity index (χ2n) is 6.64. The van der Waals surface area contributed by atoms with Gasteiger partial charge < -0.3 is 24.4 Å². The highest BCUT2D eigenvalue weighted by Gasteiger charge is 2.20. The number of nitrogens with one attached hydrogen (secondary N) is 1. The number of anilines is 2. The molecule has 1 saturated heterocycles. The van der Waals surface area contributed by atoms with Crippen molar-refractivity contribution in [2.45, 2.75) is 6.61 Å². The van der Waals surface area contributed by atoms with Crippen LogP contribution in [0.25, 0.3) is 6.08 Å². The van der Waals surface area contributed by atoms with E-state index in [2.05, 4.69) is 10.1 Å². The third kappa shape index (κ3) is 5.66. The number of hydrogen-bond acceptors (Lipinski definition) is 6. The first-order valence-electron chi connectivity index (χ1n) is 9.60. The number of ether oxygens (including phenoxy) is 3. The Hall–Kier alpha value is -3.35. The van der Waals surface area contributed by atoms with Crippen molar-refractivity contribution in [1.82, 2.24) is 0 Å².